The molecule has 0 heterocycles. The Bertz CT molecular complexity index is 449. The van der Waals surface area contributed by atoms with Crippen molar-refractivity contribution in [3.05, 3.63) is 0 Å². The summed E-state index contributed by atoms with van der Waals surface area (Å²) in [5, 5.41) is 5.06. The second-order valence-corrected chi connectivity index (χ2v) is 5.67. The van der Waals surface area contributed by atoms with Gasteiger partial charge in [0.25, 0.3) is 0 Å². The highest BCUT2D eigenvalue weighted by Gasteiger charge is 2.31. The molecule has 2 amide bonds. The lowest BCUT2D eigenvalue weighted by molar-refractivity contribution is -0.149. The molecule has 0 aromatic carbocycles. The Labute approximate surface area is 136 Å². The van der Waals surface area contributed by atoms with Crippen LogP contribution in [-0.2, 0) is 28.7 Å². The van der Waals surface area contributed by atoms with Gasteiger partial charge < -0.3 is 20.1 Å². The van der Waals surface area contributed by atoms with Gasteiger partial charge in [-0.1, -0.05) is 20.8 Å². The smallest absolute Gasteiger partial charge is 0.328 e. The van der Waals surface area contributed by atoms with Crippen molar-refractivity contribution in [1.82, 2.24) is 10.6 Å². The Balaban J connectivity index is 5.06. The Hall–Kier alpha value is -2.12. The monoisotopic (exact) mass is 330 g/mol. The molecule has 0 aliphatic carbocycles. The highest BCUT2D eigenvalue weighted by Crippen LogP contribution is 2.11. The van der Waals surface area contributed by atoms with Crippen LogP contribution in [0, 0.1) is 11.8 Å². The molecule has 0 bridgehead atoms. The van der Waals surface area contributed by atoms with Crippen molar-refractivity contribution in [1.29, 1.82) is 0 Å². The van der Waals surface area contributed by atoms with E-state index in [9.17, 15) is 19.2 Å². The quantitative estimate of drug-likeness (QED) is 0.606. The number of ether oxygens (including phenoxy) is 2. The van der Waals surface area contributed by atoms with Crippen LogP contribution in [0.3, 0.4) is 0 Å². The van der Waals surface area contributed by atoms with E-state index in [2.05, 4.69) is 20.1 Å². The van der Waals surface area contributed by atoms with Gasteiger partial charge in [-0.3, -0.25) is 14.4 Å². The molecule has 23 heavy (non-hydrogen) atoms. The zero-order valence-electron chi connectivity index (χ0n) is 14.5. The van der Waals surface area contributed by atoms with Crippen LogP contribution in [0.5, 0.6) is 0 Å². The van der Waals surface area contributed by atoms with Crippen molar-refractivity contribution in [2.24, 2.45) is 11.8 Å². The van der Waals surface area contributed by atoms with Crippen molar-refractivity contribution in [3.63, 3.8) is 0 Å². The number of nitrogens with one attached hydrogen (secondary N) is 2. The Morgan fingerprint density at radius 2 is 1.43 bits per heavy atom. The van der Waals surface area contributed by atoms with Crippen LogP contribution in [0.15, 0.2) is 0 Å². The third kappa shape index (κ3) is 7.12. The third-order valence-electron chi connectivity index (χ3n) is 3.30. The fraction of sp³-hybridized carbons (Fsp3) is 0.733. The maximum atomic E-state index is 12.3. The molecule has 0 unspecified atom stereocenters. The van der Waals surface area contributed by atoms with Crippen molar-refractivity contribution in [3.8, 4) is 0 Å². The largest absolute Gasteiger partial charge is 0.469 e. The average molecular weight is 330 g/mol. The molecular formula is C15H26N2O6. The van der Waals surface area contributed by atoms with Gasteiger partial charge in [0.15, 0.2) is 0 Å². The standard InChI is InChI=1S/C15H26N2O6/c1-8(2)12(16-10(4)18)13(19)17-11(15(21)23-6)7-9(3)14(20)22-5/h8-9,11-12H,7H2,1-6H3,(H,16,18)(H,17,19)/t9-,11+,12+/m0/s1. The Kier molecular flexibility index (Phi) is 8.90. The number of rotatable bonds is 8. The van der Waals surface area contributed by atoms with E-state index in [4.69, 9.17) is 0 Å². The van der Waals surface area contributed by atoms with E-state index < -0.39 is 35.8 Å². The number of methoxy groups -OCH3 is 2. The van der Waals surface area contributed by atoms with Crippen molar-refractivity contribution >= 4 is 23.8 Å². The maximum absolute atomic E-state index is 12.3. The van der Waals surface area contributed by atoms with Crippen LogP contribution in [0.25, 0.3) is 0 Å². The van der Waals surface area contributed by atoms with Crippen LogP contribution in [-0.4, -0.2) is 50.1 Å². The molecule has 0 rings (SSSR count). The first kappa shape index (κ1) is 20.9. The van der Waals surface area contributed by atoms with Gasteiger partial charge >= 0.3 is 11.9 Å². The van der Waals surface area contributed by atoms with Crippen LogP contribution in [0.1, 0.15) is 34.1 Å². The molecule has 0 aromatic rings. The molecule has 3 atom stereocenters. The lowest BCUT2D eigenvalue weighted by atomic mass is 9.99. The molecule has 0 spiro atoms. The fourth-order valence-corrected chi connectivity index (χ4v) is 2.02. The molecule has 2 N–H and O–H groups in total. The van der Waals surface area contributed by atoms with E-state index in [-0.39, 0.29) is 18.2 Å². The minimum absolute atomic E-state index is 0.0377. The van der Waals surface area contributed by atoms with Crippen LogP contribution >= 0.6 is 0 Å². The van der Waals surface area contributed by atoms with Gasteiger partial charge in [-0.05, 0) is 12.3 Å². The van der Waals surface area contributed by atoms with Gasteiger partial charge in [-0.2, -0.15) is 0 Å². The van der Waals surface area contributed by atoms with E-state index in [1.165, 1.54) is 21.1 Å². The fourth-order valence-electron chi connectivity index (χ4n) is 2.02. The van der Waals surface area contributed by atoms with E-state index in [0.717, 1.165) is 0 Å². The number of amides is 2. The molecule has 8 nitrogen and oxygen atoms in total. The Morgan fingerprint density at radius 1 is 0.913 bits per heavy atom. The van der Waals surface area contributed by atoms with Crippen molar-refractivity contribution in [2.45, 2.75) is 46.2 Å². The van der Waals surface area contributed by atoms with E-state index >= 15 is 0 Å². The molecule has 0 saturated heterocycles. The molecule has 0 saturated carbocycles. The summed E-state index contributed by atoms with van der Waals surface area (Å²) in [6.45, 7) is 6.43. The summed E-state index contributed by atoms with van der Waals surface area (Å²) in [6, 6.07) is -1.79. The summed E-state index contributed by atoms with van der Waals surface area (Å²) >= 11 is 0. The lowest BCUT2D eigenvalue weighted by Gasteiger charge is -2.25. The summed E-state index contributed by atoms with van der Waals surface area (Å²) in [5.74, 6) is -2.79. The molecule has 8 heteroatoms. The lowest BCUT2D eigenvalue weighted by Crippen LogP contribution is -2.54. The SMILES string of the molecule is COC(=O)[C@@H](C)C[C@@H](NC(=O)[C@H](NC(C)=O)C(C)C)C(=O)OC. The number of carbonyl (C=O) groups is 4. The van der Waals surface area contributed by atoms with Gasteiger partial charge in [0, 0.05) is 6.92 Å². The molecule has 0 aliphatic heterocycles. The van der Waals surface area contributed by atoms with Crippen molar-refractivity contribution in [2.75, 3.05) is 14.2 Å². The van der Waals surface area contributed by atoms with E-state index in [1.807, 2.05) is 0 Å². The molecule has 0 radical (unpaired) electrons. The molecule has 0 aliphatic rings. The summed E-state index contributed by atoms with van der Waals surface area (Å²) < 4.78 is 9.26. The summed E-state index contributed by atoms with van der Waals surface area (Å²) in [7, 11) is 2.44. The Morgan fingerprint density at radius 3 is 1.83 bits per heavy atom. The van der Waals surface area contributed by atoms with Gasteiger partial charge in [-0.25, -0.2) is 4.79 Å². The van der Waals surface area contributed by atoms with E-state index in [1.54, 1.807) is 20.8 Å². The normalized spacial score (nSPS) is 14.4. The highest BCUT2D eigenvalue weighted by atomic mass is 16.5. The maximum Gasteiger partial charge on any atom is 0.328 e. The first-order valence-corrected chi connectivity index (χ1v) is 7.37. The van der Waals surface area contributed by atoms with Gasteiger partial charge in [0.2, 0.25) is 11.8 Å². The number of esters is 2. The molecule has 0 fully saturated rings. The zero-order chi connectivity index (χ0) is 18.2. The molecule has 132 valence electrons. The second-order valence-electron chi connectivity index (χ2n) is 5.67. The van der Waals surface area contributed by atoms with E-state index in [0.29, 0.717) is 0 Å². The zero-order valence-corrected chi connectivity index (χ0v) is 14.5. The van der Waals surface area contributed by atoms with Crippen LogP contribution in [0.2, 0.25) is 0 Å². The summed E-state index contributed by atoms with van der Waals surface area (Å²) in [6.07, 6.45) is 0.0377. The molecular weight excluding hydrogens is 304 g/mol. The minimum Gasteiger partial charge on any atom is -0.469 e. The number of hydrogen-bond donors (Lipinski definition) is 2. The van der Waals surface area contributed by atoms with Crippen LogP contribution < -0.4 is 10.6 Å². The van der Waals surface area contributed by atoms with Gasteiger partial charge in [0.05, 0.1) is 20.1 Å². The summed E-state index contributed by atoms with van der Waals surface area (Å²) in [5.41, 5.74) is 0. The third-order valence-corrected chi connectivity index (χ3v) is 3.30. The number of hydrogen-bond acceptors (Lipinski definition) is 6. The molecule has 0 aromatic heterocycles. The highest BCUT2D eigenvalue weighted by molar-refractivity contribution is 5.90. The number of carbonyl (C=O) groups excluding carboxylic acids is 4. The van der Waals surface area contributed by atoms with Crippen molar-refractivity contribution < 1.29 is 28.7 Å². The second kappa shape index (κ2) is 9.81. The first-order chi connectivity index (χ1) is 10.6. The predicted octanol–water partition coefficient (Wildman–Crippen LogP) is 0.00410. The predicted molar refractivity (Wildman–Crippen MR) is 82.2 cm³/mol. The van der Waals surface area contributed by atoms with Gasteiger partial charge in [0.1, 0.15) is 12.1 Å². The topological polar surface area (TPSA) is 111 Å². The first-order valence-electron chi connectivity index (χ1n) is 7.37. The average Bonchev–Trinajstić information content (AvgIpc) is 2.49. The van der Waals surface area contributed by atoms with Crippen LogP contribution in [0.4, 0.5) is 0 Å². The van der Waals surface area contributed by atoms with Gasteiger partial charge in [-0.15, -0.1) is 0 Å². The summed E-state index contributed by atoms with van der Waals surface area (Å²) in [4.78, 5) is 46.8. The minimum atomic E-state index is -1.00.